The number of rotatable bonds is 2. The van der Waals surface area contributed by atoms with Crippen LogP contribution in [-0.4, -0.2) is 12.7 Å². The van der Waals surface area contributed by atoms with Gasteiger partial charge >= 0.3 is 6.09 Å². The summed E-state index contributed by atoms with van der Waals surface area (Å²) in [6.45, 7) is 2.09. The van der Waals surface area contributed by atoms with E-state index in [-0.39, 0.29) is 0 Å². The van der Waals surface area contributed by atoms with Crippen LogP contribution in [0.15, 0.2) is 18.2 Å². The lowest BCUT2D eigenvalue weighted by atomic mass is 10.3. The first kappa shape index (κ1) is 9.86. The van der Waals surface area contributed by atoms with E-state index in [0.29, 0.717) is 17.3 Å². The number of anilines is 1. The Bertz CT molecular complexity index is 301. The predicted molar refractivity (Wildman–Crippen MR) is 50.9 cm³/mol. The molecule has 0 aliphatic rings. The molecule has 0 bridgehead atoms. The van der Waals surface area contributed by atoms with E-state index in [1.54, 1.807) is 25.1 Å². The van der Waals surface area contributed by atoms with Crippen molar-refractivity contribution in [3.05, 3.63) is 29.3 Å². The number of carbonyl (C=O) groups is 1. The smallest absolute Gasteiger partial charge is 0.411 e. The van der Waals surface area contributed by atoms with Gasteiger partial charge in [0.25, 0.3) is 0 Å². The van der Waals surface area contributed by atoms with Crippen LogP contribution in [0.4, 0.5) is 10.5 Å². The number of benzene rings is 1. The molecule has 0 fully saturated rings. The number of ether oxygens (including phenoxy) is 1. The third kappa shape index (κ3) is 3.34. The summed E-state index contributed by atoms with van der Waals surface area (Å²) in [7, 11) is 0. The zero-order chi connectivity index (χ0) is 9.68. The van der Waals surface area contributed by atoms with Crippen molar-refractivity contribution in [2.24, 2.45) is 0 Å². The first-order chi connectivity index (χ1) is 6.22. The first-order valence-electron chi connectivity index (χ1n) is 3.83. The van der Waals surface area contributed by atoms with Crippen molar-refractivity contribution in [1.29, 1.82) is 0 Å². The Morgan fingerprint density at radius 1 is 1.77 bits per heavy atom. The van der Waals surface area contributed by atoms with E-state index < -0.39 is 6.09 Å². The third-order valence-electron chi connectivity index (χ3n) is 1.29. The molecule has 69 valence electrons. The molecule has 0 saturated heterocycles. The van der Waals surface area contributed by atoms with Gasteiger partial charge in [-0.25, -0.2) is 4.79 Å². The Balaban J connectivity index is 2.58. The zero-order valence-corrected chi connectivity index (χ0v) is 7.89. The van der Waals surface area contributed by atoms with Gasteiger partial charge in [-0.05, 0) is 19.1 Å². The summed E-state index contributed by atoms with van der Waals surface area (Å²) >= 11 is 5.66. The molecule has 0 unspecified atom stereocenters. The second-order valence-corrected chi connectivity index (χ2v) is 2.68. The lowest BCUT2D eigenvalue weighted by Gasteiger charge is -2.04. The summed E-state index contributed by atoms with van der Waals surface area (Å²) in [5, 5.41) is 2.97. The second-order valence-electron chi connectivity index (χ2n) is 2.27. The quantitative estimate of drug-likeness (QED) is 0.794. The molecular formula is C9H9ClNO2. The molecule has 1 rings (SSSR count). The molecule has 13 heavy (non-hydrogen) atoms. The van der Waals surface area contributed by atoms with E-state index >= 15 is 0 Å². The molecule has 1 amide bonds. The minimum atomic E-state index is -0.482. The Hall–Kier alpha value is -1.22. The average molecular weight is 199 g/mol. The maximum atomic E-state index is 10.9. The van der Waals surface area contributed by atoms with Crippen molar-refractivity contribution >= 4 is 23.4 Å². The molecule has 0 heterocycles. The summed E-state index contributed by atoms with van der Waals surface area (Å²) in [6.07, 6.45) is -0.482. The minimum Gasteiger partial charge on any atom is -0.450 e. The Kier molecular flexibility index (Phi) is 3.58. The van der Waals surface area contributed by atoms with Crippen LogP contribution in [-0.2, 0) is 4.74 Å². The highest BCUT2D eigenvalue weighted by molar-refractivity contribution is 6.30. The molecule has 1 radical (unpaired) electrons. The maximum Gasteiger partial charge on any atom is 0.411 e. The van der Waals surface area contributed by atoms with Crippen LogP contribution in [0.2, 0.25) is 5.02 Å². The molecule has 0 spiro atoms. The summed E-state index contributed by atoms with van der Waals surface area (Å²) < 4.78 is 4.68. The molecule has 4 heteroatoms. The first-order valence-corrected chi connectivity index (χ1v) is 4.21. The highest BCUT2D eigenvalue weighted by Crippen LogP contribution is 2.14. The van der Waals surface area contributed by atoms with Crippen molar-refractivity contribution < 1.29 is 9.53 Å². The van der Waals surface area contributed by atoms with Gasteiger partial charge in [0, 0.05) is 11.8 Å². The fraction of sp³-hybridized carbons (Fsp3) is 0.222. The van der Waals surface area contributed by atoms with Crippen LogP contribution in [0.3, 0.4) is 0 Å². The molecule has 1 aromatic rings. The lowest BCUT2D eigenvalue weighted by molar-refractivity contribution is 0.168. The molecular weight excluding hydrogens is 190 g/mol. The number of hydrogen-bond acceptors (Lipinski definition) is 2. The summed E-state index contributed by atoms with van der Waals surface area (Å²) in [5.41, 5.74) is 0.599. The molecule has 0 aliphatic carbocycles. The highest BCUT2D eigenvalue weighted by atomic mass is 35.5. The van der Waals surface area contributed by atoms with Crippen LogP contribution < -0.4 is 5.32 Å². The van der Waals surface area contributed by atoms with Gasteiger partial charge in [0.15, 0.2) is 0 Å². The van der Waals surface area contributed by atoms with Crippen LogP contribution >= 0.6 is 11.6 Å². The summed E-state index contributed by atoms with van der Waals surface area (Å²) in [5.74, 6) is 0. The van der Waals surface area contributed by atoms with Crippen molar-refractivity contribution in [3.8, 4) is 0 Å². The Morgan fingerprint density at radius 3 is 3.15 bits per heavy atom. The number of carbonyl (C=O) groups excluding carboxylic acids is 1. The SMILES string of the molecule is CCOC(=O)Nc1cc[c]c(Cl)c1. The van der Waals surface area contributed by atoms with Crippen LogP contribution in [0.5, 0.6) is 0 Å². The zero-order valence-electron chi connectivity index (χ0n) is 7.13. The monoisotopic (exact) mass is 198 g/mol. The second kappa shape index (κ2) is 4.72. The van der Waals surface area contributed by atoms with Gasteiger partial charge in [-0.15, -0.1) is 0 Å². The van der Waals surface area contributed by atoms with E-state index in [1.165, 1.54) is 0 Å². The normalized spacial score (nSPS) is 9.38. The van der Waals surface area contributed by atoms with Crippen LogP contribution in [0, 0.1) is 6.07 Å². The Morgan fingerprint density at radius 2 is 2.54 bits per heavy atom. The van der Waals surface area contributed by atoms with Gasteiger partial charge in [-0.3, -0.25) is 5.32 Å². The molecule has 1 N–H and O–H groups in total. The van der Waals surface area contributed by atoms with Crippen LogP contribution in [0.1, 0.15) is 6.92 Å². The molecule has 0 aliphatic heterocycles. The van der Waals surface area contributed by atoms with Gasteiger partial charge in [0.05, 0.1) is 11.6 Å². The molecule has 1 aromatic carbocycles. The number of halogens is 1. The number of amides is 1. The minimum absolute atomic E-state index is 0.346. The van der Waals surface area contributed by atoms with E-state index in [4.69, 9.17) is 11.6 Å². The Labute approximate surface area is 81.7 Å². The van der Waals surface area contributed by atoms with E-state index in [9.17, 15) is 4.79 Å². The van der Waals surface area contributed by atoms with Gasteiger partial charge in [0.2, 0.25) is 0 Å². The molecule has 0 saturated carbocycles. The fourth-order valence-electron chi connectivity index (χ4n) is 0.800. The van der Waals surface area contributed by atoms with Crippen molar-refractivity contribution in [1.82, 2.24) is 0 Å². The third-order valence-corrected chi connectivity index (χ3v) is 1.51. The number of hydrogen-bond donors (Lipinski definition) is 1. The van der Waals surface area contributed by atoms with E-state index in [1.807, 2.05) is 0 Å². The van der Waals surface area contributed by atoms with E-state index in [2.05, 4.69) is 16.1 Å². The maximum absolute atomic E-state index is 10.9. The number of nitrogens with one attached hydrogen (secondary N) is 1. The van der Waals surface area contributed by atoms with Gasteiger partial charge < -0.3 is 4.74 Å². The van der Waals surface area contributed by atoms with Gasteiger partial charge in [-0.2, -0.15) is 0 Å². The van der Waals surface area contributed by atoms with E-state index in [0.717, 1.165) is 0 Å². The summed E-state index contributed by atoms with van der Waals surface area (Å²) in [6, 6.07) is 7.66. The lowest BCUT2D eigenvalue weighted by Crippen LogP contribution is -2.12. The van der Waals surface area contributed by atoms with Crippen molar-refractivity contribution in [2.45, 2.75) is 6.92 Å². The molecule has 3 nitrogen and oxygen atoms in total. The average Bonchev–Trinajstić information content (AvgIpc) is 2.04. The van der Waals surface area contributed by atoms with Crippen LogP contribution in [0.25, 0.3) is 0 Å². The predicted octanol–water partition coefficient (Wildman–Crippen LogP) is 2.71. The standard InChI is InChI=1S/C9H9ClNO2/c1-2-13-9(12)11-8-5-3-4-7(10)6-8/h3,5-6H,2H2,1H3,(H,11,12). The van der Waals surface area contributed by atoms with Gasteiger partial charge in [0.1, 0.15) is 0 Å². The largest absolute Gasteiger partial charge is 0.450 e. The van der Waals surface area contributed by atoms with Gasteiger partial charge in [-0.1, -0.05) is 17.7 Å². The van der Waals surface area contributed by atoms with Crippen molar-refractivity contribution in [3.63, 3.8) is 0 Å². The molecule has 0 aromatic heterocycles. The van der Waals surface area contributed by atoms with Crippen molar-refractivity contribution in [2.75, 3.05) is 11.9 Å². The topological polar surface area (TPSA) is 38.3 Å². The highest BCUT2D eigenvalue weighted by Gasteiger charge is 2.00. The summed E-state index contributed by atoms with van der Waals surface area (Å²) in [4.78, 5) is 10.9. The molecule has 0 atom stereocenters. The fourth-order valence-corrected chi connectivity index (χ4v) is 0.981.